The van der Waals surface area contributed by atoms with E-state index in [1.165, 1.54) is 5.01 Å². The number of hydrogen-bond acceptors (Lipinski definition) is 4. The van der Waals surface area contributed by atoms with Crippen LogP contribution >= 0.6 is 0 Å². The van der Waals surface area contributed by atoms with Crippen molar-refractivity contribution in [3.63, 3.8) is 0 Å². The largest absolute Gasteiger partial charge is 0.444 e. The number of aldehydes is 1. The molecule has 1 amide bonds. The minimum absolute atomic E-state index is 0.240. The second-order valence-corrected chi connectivity index (χ2v) is 3.85. The summed E-state index contributed by atoms with van der Waals surface area (Å²) in [6.45, 7) is 0.737. The first-order valence-corrected chi connectivity index (χ1v) is 5.49. The monoisotopic (exact) mass is 234 g/mol. The number of benzene rings is 1. The van der Waals surface area contributed by atoms with Gasteiger partial charge in [0, 0.05) is 6.54 Å². The maximum Gasteiger partial charge on any atom is 0.424 e. The second-order valence-electron chi connectivity index (χ2n) is 3.85. The van der Waals surface area contributed by atoms with Gasteiger partial charge >= 0.3 is 6.09 Å². The van der Waals surface area contributed by atoms with Crippen molar-refractivity contribution in [3.8, 4) is 0 Å². The molecule has 1 N–H and O–H groups in total. The smallest absolute Gasteiger partial charge is 0.424 e. The fourth-order valence-electron chi connectivity index (χ4n) is 1.64. The Morgan fingerprint density at radius 2 is 2.24 bits per heavy atom. The molecule has 0 saturated carbocycles. The minimum atomic E-state index is -0.446. The van der Waals surface area contributed by atoms with Crippen LogP contribution in [0.2, 0.25) is 0 Å². The second kappa shape index (κ2) is 5.45. The molecule has 1 aliphatic rings. The van der Waals surface area contributed by atoms with Gasteiger partial charge in [0.1, 0.15) is 12.9 Å². The van der Waals surface area contributed by atoms with Gasteiger partial charge in [-0.15, -0.1) is 0 Å². The lowest BCUT2D eigenvalue weighted by molar-refractivity contribution is -0.109. The summed E-state index contributed by atoms with van der Waals surface area (Å²) >= 11 is 0. The maximum absolute atomic E-state index is 11.6. The fraction of sp³-hybridized carbons (Fsp3) is 0.333. The van der Waals surface area contributed by atoms with Crippen molar-refractivity contribution in [2.75, 3.05) is 6.54 Å². The molecule has 2 rings (SSSR count). The van der Waals surface area contributed by atoms with Crippen LogP contribution in [0.5, 0.6) is 0 Å². The number of carbonyl (C=O) groups is 2. The highest BCUT2D eigenvalue weighted by atomic mass is 16.6. The first-order valence-electron chi connectivity index (χ1n) is 5.49. The number of hydrogen-bond donors (Lipinski definition) is 1. The van der Waals surface area contributed by atoms with E-state index in [2.05, 4.69) is 5.43 Å². The van der Waals surface area contributed by atoms with Crippen LogP contribution in [0.1, 0.15) is 12.0 Å². The van der Waals surface area contributed by atoms with Crippen LogP contribution in [0.15, 0.2) is 30.3 Å². The lowest BCUT2D eigenvalue weighted by atomic mass is 10.2. The number of nitrogens with one attached hydrogen (secondary N) is 1. The third-order valence-corrected chi connectivity index (χ3v) is 2.58. The zero-order chi connectivity index (χ0) is 12.1. The van der Waals surface area contributed by atoms with Gasteiger partial charge in [0.15, 0.2) is 0 Å². The number of carbonyl (C=O) groups excluding carboxylic acids is 2. The van der Waals surface area contributed by atoms with Gasteiger partial charge in [0.05, 0.1) is 6.04 Å². The van der Waals surface area contributed by atoms with Gasteiger partial charge in [-0.05, 0) is 12.0 Å². The van der Waals surface area contributed by atoms with E-state index in [4.69, 9.17) is 4.74 Å². The molecular weight excluding hydrogens is 220 g/mol. The summed E-state index contributed by atoms with van der Waals surface area (Å²) in [4.78, 5) is 22.1. The summed E-state index contributed by atoms with van der Waals surface area (Å²) in [7, 11) is 0. The minimum Gasteiger partial charge on any atom is -0.444 e. The molecule has 0 bridgehead atoms. The van der Waals surface area contributed by atoms with Crippen LogP contribution in [-0.2, 0) is 16.1 Å². The maximum atomic E-state index is 11.6. The van der Waals surface area contributed by atoms with E-state index >= 15 is 0 Å². The third kappa shape index (κ3) is 3.04. The standard InChI is InChI=1S/C12H14N2O3/c15-8-11-6-7-14(13-11)12(16)17-9-10-4-2-1-3-5-10/h1-5,8,11,13H,6-7,9H2. The quantitative estimate of drug-likeness (QED) is 0.796. The Morgan fingerprint density at radius 3 is 2.88 bits per heavy atom. The predicted octanol–water partition coefficient (Wildman–Crippen LogP) is 1.10. The van der Waals surface area contributed by atoms with Crippen molar-refractivity contribution in [2.24, 2.45) is 0 Å². The van der Waals surface area contributed by atoms with Crippen molar-refractivity contribution in [1.29, 1.82) is 0 Å². The first kappa shape index (κ1) is 11.6. The number of nitrogens with zero attached hydrogens (tertiary/aromatic N) is 1. The Hall–Kier alpha value is -1.88. The average molecular weight is 234 g/mol. The molecule has 1 fully saturated rings. The number of hydrazine groups is 1. The van der Waals surface area contributed by atoms with Crippen molar-refractivity contribution in [2.45, 2.75) is 19.1 Å². The lowest BCUT2D eigenvalue weighted by Gasteiger charge is -2.16. The molecule has 1 unspecified atom stereocenters. The van der Waals surface area contributed by atoms with E-state index in [0.717, 1.165) is 11.8 Å². The van der Waals surface area contributed by atoms with Crippen molar-refractivity contribution in [1.82, 2.24) is 10.4 Å². The lowest BCUT2D eigenvalue weighted by Crippen LogP contribution is -2.40. The van der Waals surface area contributed by atoms with Crippen molar-refractivity contribution >= 4 is 12.4 Å². The number of rotatable bonds is 3. The molecule has 0 aliphatic carbocycles. The Balaban J connectivity index is 1.80. The third-order valence-electron chi connectivity index (χ3n) is 2.58. The molecule has 1 atom stereocenters. The Bertz CT molecular complexity index is 394. The average Bonchev–Trinajstić information content (AvgIpc) is 2.86. The molecule has 1 aromatic carbocycles. The SMILES string of the molecule is O=CC1CCN(C(=O)OCc2ccccc2)N1. The molecule has 1 saturated heterocycles. The Kier molecular flexibility index (Phi) is 3.72. The molecule has 1 aromatic rings. The molecule has 5 heteroatoms. The summed E-state index contributed by atoms with van der Waals surface area (Å²) in [6, 6.07) is 9.18. The summed E-state index contributed by atoms with van der Waals surface area (Å²) in [5.74, 6) is 0. The van der Waals surface area contributed by atoms with Gasteiger partial charge in [-0.2, -0.15) is 0 Å². The van der Waals surface area contributed by atoms with Crippen molar-refractivity contribution < 1.29 is 14.3 Å². The highest BCUT2D eigenvalue weighted by Gasteiger charge is 2.26. The van der Waals surface area contributed by atoms with E-state index < -0.39 is 6.09 Å². The predicted molar refractivity (Wildman–Crippen MR) is 60.9 cm³/mol. The summed E-state index contributed by atoms with van der Waals surface area (Å²) in [5.41, 5.74) is 3.70. The fourth-order valence-corrected chi connectivity index (χ4v) is 1.64. The van der Waals surface area contributed by atoms with Crippen molar-refractivity contribution in [3.05, 3.63) is 35.9 Å². The highest BCUT2D eigenvalue weighted by Crippen LogP contribution is 2.07. The Morgan fingerprint density at radius 1 is 1.47 bits per heavy atom. The topological polar surface area (TPSA) is 58.6 Å². The van der Waals surface area contributed by atoms with E-state index in [1.54, 1.807) is 0 Å². The molecule has 5 nitrogen and oxygen atoms in total. The van der Waals surface area contributed by atoms with Crippen LogP contribution in [0, 0.1) is 0 Å². The van der Waals surface area contributed by atoms with Crippen LogP contribution in [0.25, 0.3) is 0 Å². The normalized spacial score (nSPS) is 19.1. The van der Waals surface area contributed by atoms with Crippen LogP contribution in [-0.4, -0.2) is 30.0 Å². The molecule has 17 heavy (non-hydrogen) atoms. The van der Waals surface area contributed by atoms with Crippen LogP contribution in [0.3, 0.4) is 0 Å². The molecule has 0 radical (unpaired) electrons. The van der Waals surface area contributed by atoms with Crippen LogP contribution < -0.4 is 5.43 Å². The zero-order valence-electron chi connectivity index (χ0n) is 9.33. The van der Waals surface area contributed by atoms with Crippen LogP contribution in [0.4, 0.5) is 4.79 Å². The molecule has 0 spiro atoms. The number of ether oxygens (including phenoxy) is 1. The van der Waals surface area contributed by atoms with E-state index in [1.807, 2.05) is 30.3 Å². The van der Waals surface area contributed by atoms with E-state index in [-0.39, 0.29) is 12.6 Å². The van der Waals surface area contributed by atoms with Gasteiger partial charge < -0.3 is 9.53 Å². The molecule has 0 aromatic heterocycles. The van der Waals surface area contributed by atoms with Gasteiger partial charge in [-0.3, -0.25) is 0 Å². The molecular formula is C12H14N2O3. The van der Waals surface area contributed by atoms with Gasteiger partial charge in [0.25, 0.3) is 0 Å². The zero-order valence-corrected chi connectivity index (χ0v) is 9.33. The molecule has 1 aliphatic heterocycles. The first-order chi connectivity index (χ1) is 8.29. The Labute approximate surface area is 99.3 Å². The molecule has 90 valence electrons. The summed E-state index contributed by atoms with van der Waals surface area (Å²) in [5, 5.41) is 1.34. The molecule has 1 heterocycles. The summed E-state index contributed by atoms with van der Waals surface area (Å²) in [6.07, 6.45) is 0.979. The number of amides is 1. The van der Waals surface area contributed by atoms with Gasteiger partial charge in [-0.1, -0.05) is 30.3 Å². The van der Waals surface area contributed by atoms with Gasteiger partial charge in [-0.25, -0.2) is 15.2 Å². The van der Waals surface area contributed by atoms with Gasteiger partial charge in [0.2, 0.25) is 0 Å². The summed E-state index contributed by atoms with van der Waals surface area (Å²) < 4.78 is 5.11. The highest BCUT2D eigenvalue weighted by molar-refractivity contribution is 5.69. The van der Waals surface area contributed by atoms with E-state index in [9.17, 15) is 9.59 Å². The van der Waals surface area contributed by atoms with E-state index in [0.29, 0.717) is 13.0 Å².